The topological polar surface area (TPSA) is 129 Å². The van der Waals surface area contributed by atoms with Crippen molar-refractivity contribution in [3.63, 3.8) is 0 Å². The van der Waals surface area contributed by atoms with Gasteiger partial charge in [-0.2, -0.15) is 18.3 Å². The third kappa shape index (κ3) is 4.76. The van der Waals surface area contributed by atoms with Crippen molar-refractivity contribution in [2.75, 3.05) is 5.32 Å². The first kappa shape index (κ1) is 24.8. The Kier molecular flexibility index (Phi) is 6.48. The lowest BCUT2D eigenvalue weighted by Gasteiger charge is -2.12. The van der Waals surface area contributed by atoms with E-state index in [0.717, 1.165) is 22.9 Å². The van der Waals surface area contributed by atoms with Gasteiger partial charge in [0.25, 0.3) is 11.8 Å². The van der Waals surface area contributed by atoms with Crippen LogP contribution in [0.3, 0.4) is 0 Å². The highest BCUT2D eigenvalue weighted by Crippen LogP contribution is 2.37. The lowest BCUT2D eigenvalue weighted by molar-refractivity contribution is -0.140. The van der Waals surface area contributed by atoms with Crippen LogP contribution in [0.4, 0.5) is 23.2 Å². The highest BCUT2D eigenvalue weighted by atomic mass is 19.4. The molecule has 4 rings (SSSR count). The van der Waals surface area contributed by atoms with Crippen LogP contribution in [-0.2, 0) is 25.6 Å². The van der Waals surface area contributed by atoms with Crippen molar-refractivity contribution in [1.29, 1.82) is 0 Å². The van der Waals surface area contributed by atoms with E-state index in [0.29, 0.717) is 17.9 Å². The summed E-state index contributed by atoms with van der Waals surface area (Å²) < 4.78 is 61.8. The summed E-state index contributed by atoms with van der Waals surface area (Å²) in [6.45, 7) is 3.32. The number of primary amides is 1. The number of aryl methyl sites for hydroxylation is 1. The molecule has 9 nitrogen and oxygen atoms in total. The summed E-state index contributed by atoms with van der Waals surface area (Å²) >= 11 is 0. The van der Waals surface area contributed by atoms with Crippen LogP contribution in [0.5, 0.6) is 0 Å². The molecule has 13 heteroatoms. The summed E-state index contributed by atoms with van der Waals surface area (Å²) in [4.78, 5) is 28.9. The van der Waals surface area contributed by atoms with E-state index in [4.69, 9.17) is 10.3 Å². The summed E-state index contributed by atoms with van der Waals surface area (Å²) in [7, 11) is 0. The zero-order valence-corrected chi connectivity index (χ0v) is 19.1. The molecule has 4 aromatic rings. The molecule has 0 bridgehead atoms. The number of carbonyl (C=O) groups is 2. The van der Waals surface area contributed by atoms with Crippen LogP contribution in [0.1, 0.15) is 57.5 Å². The van der Waals surface area contributed by atoms with Gasteiger partial charge in [0, 0.05) is 17.5 Å². The molecule has 0 atom stereocenters. The Morgan fingerprint density at radius 3 is 2.50 bits per heavy atom. The lowest BCUT2D eigenvalue weighted by atomic mass is 10.1. The van der Waals surface area contributed by atoms with E-state index in [1.807, 2.05) is 6.92 Å². The van der Waals surface area contributed by atoms with Gasteiger partial charge in [0.1, 0.15) is 18.1 Å². The van der Waals surface area contributed by atoms with E-state index in [-0.39, 0.29) is 40.8 Å². The number of hydrogen-bond donors (Lipinski definition) is 2. The fourth-order valence-electron chi connectivity index (χ4n) is 3.76. The molecule has 0 saturated carbocycles. The molecule has 0 unspecified atom stereocenters. The summed E-state index contributed by atoms with van der Waals surface area (Å²) in [6, 6.07) is 5.93. The van der Waals surface area contributed by atoms with Crippen molar-refractivity contribution >= 4 is 28.4 Å². The van der Waals surface area contributed by atoms with Gasteiger partial charge in [0.05, 0.1) is 28.2 Å². The van der Waals surface area contributed by atoms with Gasteiger partial charge in [0.15, 0.2) is 11.5 Å². The predicted octanol–water partition coefficient (Wildman–Crippen LogP) is 4.10. The Balaban J connectivity index is 1.80. The van der Waals surface area contributed by atoms with Gasteiger partial charge in [0.2, 0.25) is 0 Å². The molecule has 1 aromatic carbocycles. The minimum atomic E-state index is -4.89. The molecule has 0 saturated heterocycles. The minimum absolute atomic E-state index is 0.0593. The summed E-state index contributed by atoms with van der Waals surface area (Å²) in [6.07, 6.45) is -4.23. The Morgan fingerprint density at radius 1 is 1.14 bits per heavy atom. The van der Waals surface area contributed by atoms with Crippen molar-refractivity contribution in [2.24, 2.45) is 5.73 Å². The molecule has 188 valence electrons. The van der Waals surface area contributed by atoms with Gasteiger partial charge < -0.3 is 15.6 Å². The molecular formula is C23H20F4N6O3. The first-order chi connectivity index (χ1) is 17.0. The smallest absolute Gasteiger partial charge is 0.364 e. The third-order valence-corrected chi connectivity index (χ3v) is 5.44. The van der Waals surface area contributed by atoms with Crippen LogP contribution in [0.25, 0.3) is 10.9 Å². The van der Waals surface area contributed by atoms with E-state index in [2.05, 4.69) is 20.6 Å². The maximum atomic E-state index is 13.9. The maximum Gasteiger partial charge on any atom is 0.437 e. The molecule has 2 amide bonds. The first-order valence-electron chi connectivity index (χ1n) is 10.8. The van der Waals surface area contributed by atoms with Gasteiger partial charge in [-0.05, 0) is 31.0 Å². The van der Waals surface area contributed by atoms with Crippen molar-refractivity contribution in [1.82, 2.24) is 19.9 Å². The zero-order chi connectivity index (χ0) is 26.2. The number of carbonyl (C=O) groups excluding carboxylic acids is 2. The molecule has 36 heavy (non-hydrogen) atoms. The monoisotopic (exact) mass is 504 g/mol. The fourth-order valence-corrected chi connectivity index (χ4v) is 3.76. The Labute approximate surface area is 201 Å². The second-order valence-electron chi connectivity index (χ2n) is 7.85. The molecule has 3 aromatic heterocycles. The molecular weight excluding hydrogens is 484 g/mol. The van der Waals surface area contributed by atoms with Gasteiger partial charge in [-0.3, -0.25) is 14.3 Å². The standard InChI is InChI=1S/C23H20F4N6O3/c1-3-12-8-13(36-32-12)10-33-18(4-2)19(20(31-33)23(25,26)27)30-22(35)15-9-17(21(28)34)29-16-7-11(24)5-6-14(15)16/h5-9H,3-4,10H2,1-2H3,(H2,28,34)(H,30,35). The highest BCUT2D eigenvalue weighted by Gasteiger charge is 2.40. The number of alkyl halides is 3. The number of benzene rings is 1. The third-order valence-electron chi connectivity index (χ3n) is 5.44. The van der Waals surface area contributed by atoms with Crippen LogP contribution >= 0.6 is 0 Å². The van der Waals surface area contributed by atoms with Gasteiger partial charge in [-0.15, -0.1) is 0 Å². The highest BCUT2D eigenvalue weighted by molar-refractivity contribution is 6.14. The van der Waals surface area contributed by atoms with E-state index in [1.165, 1.54) is 6.07 Å². The zero-order valence-electron chi connectivity index (χ0n) is 19.1. The summed E-state index contributed by atoms with van der Waals surface area (Å²) in [5, 5.41) is 9.94. The number of halogens is 4. The maximum absolute atomic E-state index is 13.9. The quantitative estimate of drug-likeness (QED) is 0.365. The predicted molar refractivity (Wildman–Crippen MR) is 120 cm³/mol. The minimum Gasteiger partial charge on any atom is -0.364 e. The second kappa shape index (κ2) is 9.40. The van der Waals surface area contributed by atoms with Crippen LogP contribution in [0.15, 0.2) is 34.9 Å². The SMILES string of the molecule is CCc1cc(Cn2nc(C(F)(F)F)c(NC(=O)c3cc(C(N)=O)nc4cc(F)ccc34)c2CC)on1. The molecule has 0 aliphatic heterocycles. The Morgan fingerprint density at radius 2 is 1.89 bits per heavy atom. The van der Waals surface area contributed by atoms with E-state index in [9.17, 15) is 27.2 Å². The lowest BCUT2D eigenvalue weighted by Crippen LogP contribution is -2.19. The van der Waals surface area contributed by atoms with Crippen LogP contribution < -0.4 is 11.1 Å². The normalized spacial score (nSPS) is 11.7. The number of anilines is 1. The number of pyridine rings is 1. The average molecular weight is 504 g/mol. The van der Waals surface area contributed by atoms with Crippen molar-refractivity contribution < 1.29 is 31.7 Å². The number of fused-ring (bicyclic) bond motifs is 1. The molecule has 3 N–H and O–H groups in total. The van der Waals surface area contributed by atoms with Gasteiger partial charge >= 0.3 is 6.18 Å². The number of nitrogens with two attached hydrogens (primary N) is 1. The Bertz CT molecular complexity index is 1470. The number of nitrogens with zero attached hydrogens (tertiary/aromatic N) is 4. The van der Waals surface area contributed by atoms with Crippen molar-refractivity contribution in [3.8, 4) is 0 Å². The molecule has 0 spiro atoms. The second-order valence-corrected chi connectivity index (χ2v) is 7.85. The van der Waals surface area contributed by atoms with Gasteiger partial charge in [-0.25, -0.2) is 9.37 Å². The molecule has 0 radical (unpaired) electrons. The molecule has 0 aliphatic carbocycles. The summed E-state index contributed by atoms with van der Waals surface area (Å²) in [5.74, 6) is -2.37. The average Bonchev–Trinajstić information content (AvgIpc) is 3.42. The largest absolute Gasteiger partial charge is 0.437 e. The van der Waals surface area contributed by atoms with Crippen molar-refractivity contribution in [2.45, 2.75) is 39.4 Å². The molecule has 0 aliphatic rings. The van der Waals surface area contributed by atoms with Crippen LogP contribution in [0.2, 0.25) is 0 Å². The summed E-state index contributed by atoms with van der Waals surface area (Å²) in [5.41, 5.74) is 3.53. The Hall–Kier alpha value is -4.29. The number of hydrogen-bond acceptors (Lipinski definition) is 6. The molecule has 3 heterocycles. The van der Waals surface area contributed by atoms with Gasteiger partial charge in [-0.1, -0.05) is 19.0 Å². The molecule has 0 fully saturated rings. The number of rotatable bonds is 7. The number of amides is 2. The van der Waals surface area contributed by atoms with Crippen molar-refractivity contribution in [3.05, 3.63) is 70.2 Å². The van der Waals surface area contributed by atoms with E-state index >= 15 is 0 Å². The van der Waals surface area contributed by atoms with E-state index < -0.39 is 35.2 Å². The number of nitrogens with one attached hydrogen (secondary N) is 1. The van der Waals surface area contributed by atoms with E-state index in [1.54, 1.807) is 13.0 Å². The van der Waals surface area contributed by atoms with Crippen LogP contribution in [-0.4, -0.2) is 31.7 Å². The van der Waals surface area contributed by atoms with Crippen LogP contribution in [0, 0.1) is 5.82 Å². The fraction of sp³-hybridized carbons (Fsp3) is 0.261. The first-order valence-corrected chi connectivity index (χ1v) is 10.8. The number of aromatic nitrogens is 4.